The highest BCUT2D eigenvalue weighted by Gasteiger charge is 2.23. The van der Waals surface area contributed by atoms with Gasteiger partial charge in [-0.05, 0) is 33.8 Å². The Labute approximate surface area is 178 Å². The van der Waals surface area contributed by atoms with Gasteiger partial charge in [-0.25, -0.2) is 9.97 Å². The molecular weight excluding hydrogens is 406 g/mol. The zero-order valence-electron chi connectivity index (χ0n) is 17.0. The molecule has 29 heavy (non-hydrogen) atoms. The Morgan fingerprint density at radius 3 is 2.72 bits per heavy atom. The van der Waals surface area contributed by atoms with Gasteiger partial charge in [0.1, 0.15) is 0 Å². The molecular formula is C20H25N5O2S2. The molecule has 2 unspecified atom stereocenters. The lowest BCUT2D eigenvalue weighted by atomic mass is 10.2. The summed E-state index contributed by atoms with van der Waals surface area (Å²) in [6.45, 7) is 10.7. The molecule has 9 heteroatoms. The fourth-order valence-electron chi connectivity index (χ4n) is 3.86. The predicted molar refractivity (Wildman–Crippen MR) is 116 cm³/mol. The summed E-state index contributed by atoms with van der Waals surface area (Å²) in [5.74, 6) is -0.143. The molecule has 4 rings (SSSR count). The third-order valence-electron chi connectivity index (χ3n) is 4.94. The number of hydrogen-bond donors (Lipinski definition) is 1. The molecule has 7 nitrogen and oxygen atoms in total. The standard InChI is InChI=1S/C20H25N5O2S2/c1-12-7-17(15(4)25(12)20-21-5-6-28-20)18(26)23-19-22-16(11-29-19)10-24-8-13(2)27-14(3)9-24/h5-7,11,13-14H,8-10H2,1-4H3,(H,22,23,26). The monoisotopic (exact) mass is 431 g/mol. The number of rotatable bonds is 5. The number of carbonyl (C=O) groups excluding carboxylic acids is 1. The zero-order valence-corrected chi connectivity index (χ0v) is 18.6. The van der Waals surface area contributed by atoms with Crippen molar-refractivity contribution in [1.82, 2.24) is 19.4 Å². The lowest BCUT2D eigenvalue weighted by molar-refractivity contribution is -0.0707. The van der Waals surface area contributed by atoms with E-state index >= 15 is 0 Å². The molecule has 1 aliphatic heterocycles. The molecule has 2 atom stereocenters. The highest BCUT2D eigenvalue weighted by Crippen LogP contribution is 2.24. The van der Waals surface area contributed by atoms with Crippen LogP contribution in [0, 0.1) is 13.8 Å². The van der Waals surface area contributed by atoms with Crippen LogP contribution in [0.15, 0.2) is 23.0 Å². The highest BCUT2D eigenvalue weighted by molar-refractivity contribution is 7.14. The summed E-state index contributed by atoms with van der Waals surface area (Å²) < 4.78 is 7.80. The smallest absolute Gasteiger partial charge is 0.259 e. The van der Waals surface area contributed by atoms with Crippen molar-refractivity contribution in [1.29, 1.82) is 0 Å². The van der Waals surface area contributed by atoms with Crippen LogP contribution in [0.1, 0.15) is 41.3 Å². The quantitative estimate of drug-likeness (QED) is 0.664. The van der Waals surface area contributed by atoms with Gasteiger partial charge >= 0.3 is 0 Å². The average Bonchev–Trinajstić information content (AvgIpc) is 3.36. The number of aromatic nitrogens is 3. The molecule has 0 aromatic carbocycles. The van der Waals surface area contributed by atoms with Gasteiger partial charge in [0.25, 0.3) is 5.91 Å². The third kappa shape index (κ3) is 4.42. The van der Waals surface area contributed by atoms with Crippen molar-refractivity contribution in [3.63, 3.8) is 0 Å². The molecule has 1 N–H and O–H groups in total. The van der Waals surface area contributed by atoms with E-state index in [2.05, 4.69) is 34.0 Å². The number of thiazole rings is 2. The molecule has 154 valence electrons. The van der Waals surface area contributed by atoms with E-state index in [1.807, 2.05) is 35.2 Å². The Bertz CT molecular complexity index is 985. The molecule has 0 spiro atoms. The molecule has 1 saturated heterocycles. The van der Waals surface area contributed by atoms with E-state index in [1.165, 1.54) is 11.3 Å². The van der Waals surface area contributed by atoms with E-state index in [9.17, 15) is 4.79 Å². The van der Waals surface area contributed by atoms with Gasteiger partial charge in [-0.15, -0.1) is 22.7 Å². The van der Waals surface area contributed by atoms with Crippen molar-refractivity contribution in [3.8, 4) is 5.13 Å². The fraction of sp³-hybridized carbons (Fsp3) is 0.450. The summed E-state index contributed by atoms with van der Waals surface area (Å²) in [7, 11) is 0. The average molecular weight is 432 g/mol. The van der Waals surface area contributed by atoms with Crippen LogP contribution in [0.25, 0.3) is 5.13 Å². The summed E-state index contributed by atoms with van der Waals surface area (Å²) in [6, 6.07) is 1.90. The molecule has 3 aromatic rings. The van der Waals surface area contributed by atoms with E-state index < -0.39 is 0 Å². The minimum absolute atomic E-state index is 0.143. The van der Waals surface area contributed by atoms with E-state index in [0.717, 1.165) is 41.8 Å². The Kier molecular flexibility index (Phi) is 5.82. The molecule has 0 saturated carbocycles. The Morgan fingerprint density at radius 2 is 2.03 bits per heavy atom. The fourth-order valence-corrected chi connectivity index (χ4v) is 5.31. The van der Waals surface area contributed by atoms with E-state index in [4.69, 9.17) is 4.74 Å². The van der Waals surface area contributed by atoms with Crippen molar-refractivity contribution in [2.24, 2.45) is 0 Å². The van der Waals surface area contributed by atoms with Gasteiger partial charge in [0.15, 0.2) is 10.3 Å². The number of nitrogens with one attached hydrogen (secondary N) is 1. The molecule has 0 bridgehead atoms. The largest absolute Gasteiger partial charge is 0.373 e. The number of anilines is 1. The summed E-state index contributed by atoms with van der Waals surface area (Å²) in [5, 5.41) is 8.39. The van der Waals surface area contributed by atoms with Crippen LogP contribution in [0.2, 0.25) is 0 Å². The van der Waals surface area contributed by atoms with Crippen LogP contribution in [0.4, 0.5) is 5.13 Å². The van der Waals surface area contributed by atoms with Gasteiger partial charge in [-0.2, -0.15) is 0 Å². The maximum absolute atomic E-state index is 12.9. The summed E-state index contributed by atoms with van der Waals surface area (Å²) in [6.07, 6.45) is 2.22. The summed E-state index contributed by atoms with van der Waals surface area (Å²) in [4.78, 5) is 24.2. The van der Waals surface area contributed by atoms with Crippen LogP contribution >= 0.6 is 22.7 Å². The number of carbonyl (C=O) groups is 1. The van der Waals surface area contributed by atoms with Crippen LogP contribution in [0.5, 0.6) is 0 Å². The van der Waals surface area contributed by atoms with Crippen LogP contribution in [0.3, 0.4) is 0 Å². The number of ether oxygens (including phenoxy) is 1. The molecule has 0 aliphatic carbocycles. The minimum atomic E-state index is -0.143. The maximum Gasteiger partial charge on any atom is 0.259 e. The van der Waals surface area contributed by atoms with Crippen LogP contribution < -0.4 is 5.32 Å². The normalized spacial score (nSPS) is 20.1. The molecule has 3 aromatic heterocycles. The zero-order chi connectivity index (χ0) is 20.5. The molecule has 1 aliphatic rings. The highest BCUT2D eigenvalue weighted by atomic mass is 32.1. The van der Waals surface area contributed by atoms with Crippen LogP contribution in [-0.2, 0) is 11.3 Å². The van der Waals surface area contributed by atoms with Crippen LogP contribution in [-0.4, -0.2) is 50.6 Å². The first-order valence-electron chi connectivity index (χ1n) is 9.63. The molecule has 4 heterocycles. The van der Waals surface area contributed by atoms with E-state index in [0.29, 0.717) is 10.7 Å². The first kappa shape index (κ1) is 20.2. The SMILES string of the molecule is Cc1cc(C(=O)Nc2nc(CN3CC(C)OC(C)C3)cs2)c(C)n1-c1nccs1. The topological polar surface area (TPSA) is 72.3 Å². The number of nitrogens with zero attached hydrogens (tertiary/aromatic N) is 4. The van der Waals surface area contributed by atoms with Crippen molar-refractivity contribution in [2.75, 3.05) is 18.4 Å². The summed E-state index contributed by atoms with van der Waals surface area (Å²) >= 11 is 3.01. The first-order valence-corrected chi connectivity index (χ1v) is 11.4. The van der Waals surface area contributed by atoms with Gasteiger partial charge in [0.05, 0.1) is 23.5 Å². The summed E-state index contributed by atoms with van der Waals surface area (Å²) in [5.41, 5.74) is 3.48. The first-order chi connectivity index (χ1) is 13.9. The minimum Gasteiger partial charge on any atom is -0.373 e. The molecule has 0 radical (unpaired) electrons. The van der Waals surface area contributed by atoms with Crippen molar-refractivity contribution in [3.05, 3.63) is 45.7 Å². The third-order valence-corrected chi connectivity index (χ3v) is 6.50. The lowest BCUT2D eigenvalue weighted by Gasteiger charge is -2.34. The molecule has 1 amide bonds. The number of amides is 1. The van der Waals surface area contributed by atoms with Gasteiger partial charge < -0.3 is 4.74 Å². The second-order valence-corrected chi connectivity index (χ2v) is 9.22. The molecule has 1 fully saturated rings. The van der Waals surface area contributed by atoms with E-state index in [1.54, 1.807) is 17.5 Å². The van der Waals surface area contributed by atoms with Gasteiger partial charge in [0, 0.05) is 48.0 Å². The van der Waals surface area contributed by atoms with Gasteiger partial charge in [0.2, 0.25) is 0 Å². The Morgan fingerprint density at radius 1 is 1.28 bits per heavy atom. The van der Waals surface area contributed by atoms with Gasteiger partial charge in [-0.3, -0.25) is 19.6 Å². The number of morpholine rings is 1. The second kappa shape index (κ2) is 8.35. The second-order valence-electron chi connectivity index (χ2n) is 7.48. The Balaban J connectivity index is 1.44. The van der Waals surface area contributed by atoms with E-state index in [-0.39, 0.29) is 18.1 Å². The van der Waals surface area contributed by atoms with Crippen molar-refractivity contribution >= 4 is 33.7 Å². The lowest BCUT2D eigenvalue weighted by Crippen LogP contribution is -2.44. The van der Waals surface area contributed by atoms with Gasteiger partial charge in [-0.1, -0.05) is 0 Å². The number of hydrogen-bond acceptors (Lipinski definition) is 7. The van der Waals surface area contributed by atoms with Crippen molar-refractivity contribution < 1.29 is 9.53 Å². The Hall–Kier alpha value is -2.07. The number of aryl methyl sites for hydroxylation is 1. The predicted octanol–water partition coefficient (Wildman–Crippen LogP) is 3.87. The van der Waals surface area contributed by atoms with Crippen molar-refractivity contribution in [2.45, 2.75) is 46.4 Å². The maximum atomic E-state index is 12.9.